The second-order valence-corrected chi connectivity index (χ2v) is 9.28. The maximum absolute atomic E-state index is 14.0. The number of likely N-dealkylation sites (N-methyl/N-ethyl adjacent to an activating group) is 1. The number of carbonyl (C=O) groups is 2. The Morgan fingerprint density at radius 1 is 0.974 bits per heavy atom. The summed E-state index contributed by atoms with van der Waals surface area (Å²) in [5, 5.41) is 2.85. The zero-order chi connectivity index (χ0) is 28.0. The van der Waals surface area contributed by atoms with Crippen LogP contribution in [0.25, 0.3) is 22.4 Å². The number of anilines is 1. The van der Waals surface area contributed by atoms with Crippen molar-refractivity contribution in [3.05, 3.63) is 80.8 Å². The van der Waals surface area contributed by atoms with Crippen molar-refractivity contribution >= 4 is 28.5 Å². The Labute approximate surface area is 218 Å². The number of amides is 2. The van der Waals surface area contributed by atoms with Crippen LogP contribution < -0.4 is 10.9 Å². The maximum Gasteiger partial charge on any atom is 0.261 e. The van der Waals surface area contributed by atoms with Crippen molar-refractivity contribution in [2.75, 3.05) is 39.0 Å². The average Bonchev–Trinajstić information content (AvgIpc) is 3.40. The molecule has 0 spiro atoms. The normalized spacial score (nSPS) is 13.2. The summed E-state index contributed by atoms with van der Waals surface area (Å²) in [7, 11) is 3.66. The van der Waals surface area contributed by atoms with Crippen molar-refractivity contribution < 1.29 is 27.2 Å². The standard InChI is InChI=1S/C26H22F4N6O3/c1-35(2)7-8-36-25(38)13-9-18-19(10-14(13)26(36)39)34-23(33-18)20-17(4-6-32-24(20)37)31-5-3-12-21(29)15(27)11-16(28)22(12)30/h4,6,9-11H,3,5,7-8H2,1-2H3,(H,33,34)(H2,31,32,37). The topological polar surface area (TPSA) is 114 Å². The number of imide groups is 1. The fourth-order valence-corrected chi connectivity index (χ4v) is 4.44. The van der Waals surface area contributed by atoms with Crippen molar-refractivity contribution in [1.82, 2.24) is 24.8 Å². The van der Waals surface area contributed by atoms with Gasteiger partial charge in [0.2, 0.25) is 0 Å². The van der Waals surface area contributed by atoms with Gasteiger partial charge in [0.1, 0.15) is 11.4 Å². The third kappa shape index (κ3) is 4.65. The first kappa shape index (κ1) is 26.1. The third-order valence-corrected chi connectivity index (χ3v) is 6.43. The van der Waals surface area contributed by atoms with E-state index in [1.54, 1.807) is 0 Å². The number of benzene rings is 2. The van der Waals surface area contributed by atoms with E-state index in [9.17, 15) is 31.9 Å². The van der Waals surface area contributed by atoms with Crippen molar-refractivity contribution in [3.8, 4) is 11.4 Å². The summed E-state index contributed by atoms with van der Waals surface area (Å²) >= 11 is 0. The molecule has 1 aliphatic heterocycles. The Hall–Kier alpha value is -4.52. The first-order valence-corrected chi connectivity index (χ1v) is 11.9. The van der Waals surface area contributed by atoms with Crippen LogP contribution in [0.1, 0.15) is 26.3 Å². The van der Waals surface area contributed by atoms with Gasteiger partial charge in [0.25, 0.3) is 17.4 Å². The predicted octanol–water partition coefficient (Wildman–Crippen LogP) is 3.29. The molecule has 3 heterocycles. The lowest BCUT2D eigenvalue weighted by Crippen LogP contribution is -2.35. The first-order chi connectivity index (χ1) is 18.6. The van der Waals surface area contributed by atoms with Crippen molar-refractivity contribution in [1.29, 1.82) is 0 Å². The largest absolute Gasteiger partial charge is 0.384 e. The molecular weight excluding hydrogens is 520 g/mol. The summed E-state index contributed by atoms with van der Waals surface area (Å²) in [5.74, 6) is -6.75. The molecular formula is C26H22F4N6O3. The van der Waals surface area contributed by atoms with Crippen LogP contribution in [-0.2, 0) is 6.42 Å². The second-order valence-electron chi connectivity index (χ2n) is 9.28. The van der Waals surface area contributed by atoms with Crippen LogP contribution in [0.15, 0.2) is 35.3 Å². The Bertz CT molecular complexity index is 1620. The van der Waals surface area contributed by atoms with Gasteiger partial charge in [-0.2, -0.15) is 0 Å². The van der Waals surface area contributed by atoms with Gasteiger partial charge in [0, 0.05) is 37.5 Å². The van der Waals surface area contributed by atoms with Crippen LogP contribution >= 0.6 is 0 Å². The van der Waals surface area contributed by atoms with Gasteiger partial charge < -0.3 is 20.2 Å². The molecule has 4 aromatic rings. The van der Waals surface area contributed by atoms with Crippen LogP contribution in [0.2, 0.25) is 0 Å². The number of carbonyl (C=O) groups excluding carboxylic acids is 2. The number of aromatic amines is 2. The van der Waals surface area contributed by atoms with E-state index in [0.29, 0.717) is 17.6 Å². The fourth-order valence-electron chi connectivity index (χ4n) is 4.44. The molecule has 0 radical (unpaired) electrons. The van der Waals surface area contributed by atoms with E-state index in [0.717, 1.165) is 0 Å². The Morgan fingerprint density at radius 3 is 2.31 bits per heavy atom. The molecule has 0 unspecified atom stereocenters. The number of aromatic nitrogens is 3. The van der Waals surface area contributed by atoms with Crippen LogP contribution in [0.4, 0.5) is 23.2 Å². The minimum absolute atomic E-state index is 0.0467. The number of imidazole rings is 1. The molecule has 2 aromatic carbocycles. The molecule has 0 saturated carbocycles. The highest BCUT2D eigenvalue weighted by molar-refractivity contribution is 6.22. The Kier molecular flexibility index (Phi) is 6.68. The summed E-state index contributed by atoms with van der Waals surface area (Å²) in [6, 6.07) is 4.61. The number of rotatable bonds is 8. The van der Waals surface area contributed by atoms with E-state index in [-0.39, 0.29) is 47.4 Å². The van der Waals surface area contributed by atoms with E-state index in [1.807, 2.05) is 19.0 Å². The third-order valence-electron chi connectivity index (χ3n) is 6.43. The van der Waals surface area contributed by atoms with E-state index < -0.39 is 52.6 Å². The summed E-state index contributed by atoms with van der Waals surface area (Å²) in [6.45, 7) is 0.565. The summed E-state index contributed by atoms with van der Waals surface area (Å²) < 4.78 is 55.1. The van der Waals surface area contributed by atoms with Gasteiger partial charge in [-0.25, -0.2) is 22.5 Å². The zero-order valence-electron chi connectivity index (χ0n) is 20.8. The number of halogens is 4. The quantitative estimate of drug-likeness (QED) is 0.179. The van der Waals surface area contributed by atoms with Crippen molar-refractivity contribution in [2.45, 2.75) is 6.42 Å². The minimum Gasteiger partial charge on any atom is -0.384 e. The summed E-state index contributed by atoms with van der Waals surface area (Å²) in [4.78, 5) is 51.4. The molecule has 0 fully saturated rings. The van der Waals surface area contributed by atoms with Crippen molar-refractivity contribution in [2.24, 2.45) is 0 Å². The SMILES string of the molecule is CN(C)CCN1C(=O)c2cc3nc(-c4c(NCCc5c(F)c(F)cc(F)c5F)cc[nH]c4=O)[nH]c3cc2C1=O. The van der Waals surface area contributed by atoms with Gasteiger partial charge in [-0.1, -0.05) is 0 Å². The Balaban J connectivity index is 1.43. The van der Waals surface area contributed by atoms with E-state index in [4.69, 9.17) is 0 Å². The number of pyridine rings is 1. The molecule has 39 heavy (non-hydrogen) atoms. The van der Waals surface area contributed by atoms with Gasteiger partial charge in [0.15, 0.2) is 23.3 Å². The summed E-state index contributed by atoms with van der Waals surface area (Å²) in [6.07, 6.45) is 0.925. The van der Waals surface area contributed by atoms with Gasteiger partial charge in [-0.05, 0) is 38.7 Å². The zero-order valence-corrected chi connectivity index (χ0v) is 20.8. The van der Waals surface area contributed by atoms with Crippen LogP contribution in [0.3, 0.4) is 0 Å². The molecule has 1 aliphatic rings. The lowest BCUT2D eigenvalue weighted by atomic mass is 10.1. The molecule has 2 amide bonds. The van der Waals surface area contributed by atoms with Gasteiger partial charge >= 0.3 is 0 Å². The molecule has 0 saturated heterocycles. The molecule has 9 nitrogen and oxygen atoms in total. The Morgan fingerprint density at radius 2 is 1.64 bits per heavy atom. The lowest BCUT2D eigenvalue weighted by Gasteiger charge is -2.16. The van der Waals surface area contributed by atoms with Crippen LogP contribution in [-0.4, -0.2) is 70.3 Å². The smallest absolute Gasteiger partial charge is 0.261 e. The maximum atomic E-state index is 14.0. The van der Waals surface area contributed by atoms with Gasteiger partial charge in [-0.15, -0.1) is 0 Å². The fraction of sp³-hybridized carbons (Fsp3) is 0.231. The van der Waals surface area contributed by atoms with Crippen LogP contribution in [0.5, 0.6) is 0 Å². The van der Waals surface area contributed by atoms with Gasteiger partial charge in [-0.3, -0.25) is 19.3 Å². The monoisotopic (exact) mass is 542 g/mol. The molecule has 5 rings (SSSR count). The van der Waals surface area contributed by atoms with Crippen molar-refractivity contribution in [3.63, 3.8) is 0 Å². The highest BCUT2D eigenvalue weighted by Crippen LogP contribution is 2.30. The van der Waals surface area contributed by atoms with Gasteiger partial charge in [0.05, 0.1) is 27.8 Å². The highest BCUT2D eigenvalue weighted by atomic mass is 19.2. The number of fused-ring (bicyclic) bond motifs is 2. The van der Waals surface area contributed by atoms with E-state index in [2.05, 4.69) is 20.3 Å². The average molecular weight is 542 g/mol. The molecule has 13 heteroatoms. The number of nitrogens with zero attached hydrogens (tertiary/aromatic N) is 3. The molecule has 3 N–H and O–H groups in total. The summed E-state index contributed by atoms with van der Waals surface area (Å²) in [5.41, 5.74) is 0.127. The number of nitrogens with one attached hydrogen (secondary N) is 3. The molecule has 202 valence electrons. The number of hydrogen-bond donors (Lipinski definition) is 3. The first-order valence-electron chi connectivity index (χ1n) is 11.9. The van der Waals surface area contributed by atoms with E-state index in [1.165, 1.54) is 29.3 Å². The molecule has 0 bridgehead atoms. The number of H-pyrrole nitrogens is 2. The van der Waals surface area contributed by atoms with Crippen LogP contribution in [0, 0.1) is 23.3 Å². The molecule has 0 aliphatic carbocycles. The second kappa shape index (κ2) is 9.98. The highest BCUT2D eigenvalue weighted by Gasteiger charge is 2.36. The lowest BCUT2D eigenvalue weighted by molar-refractivity contribution is 0.0645. The van der Waals surface area contributed by atoms with E-state index >= 15 is 0 Å². The molecule has 0 atom stereocenters. The molecule has 2 aromatic heterocycles. The predicted molar refractivity (Wildman–Crippen MR) is 135 cm³/mol. The number of hydrogen-bond acceptors (Lipinski definition) is 6. The minimum atomic E-state index is -1.51.